The third-order valence-corrected chi connectivity index (χ3v) is 3.91. The van der Waals surface area contributed by atoms with Crippen LogP contribution in [0.5, 0.6) is 5.75 Å². The molecule has 1 aromatic heterocycles. The average molecular weight is 381 g/mol. The highest BCUT2D eigenvalue weighted by molar-refractivity contribution is 5.91. The number of hydrogen-bond acceptors (Lipinski definition) is 5. The van der Waals surface area contributed by atoms with Crippen molar-refractivity contribution >= 4 is 17.4 Å². The van der Waals surface area contributed by atoms with Gasteiger partial charge in [0.2, 0.25) is 5.91 Å². The summed E-state index contributed by atoms with van der Waals surface area (Å²) in [6.45, 7) is 2.93. The van der Waals surface area contributed by atoms with Gasteiger partial charge in [0.15, 0.2) is 0 Å². The van der Waals surface area contributed by atoms with Crippen LogP contribution in [-0.4, -0.2) is 43.6 Å². The van der Waals surface area contributed by atoms with Gasteiger partial charge in [-0.25, -0.2) is 4.98 Å². The Kier molecular flexibility index (Phi) is 5.80. The van der Waals surface area contributed by atoms with Crippen LogP contribution in [0, 0.1) is 0 Å². The molecule has 1 saturated heterocycles. The monoisotopic (exact) mass is 381 g/mol. The van der Waals surface area contributed by atoms with Gasteiger partial charge in [0.1, 0.15) is 11.6 Å². The molecule has 144 valence electrons. The van der Waals surface area contributed by atoms with Crippen molar-refractivity contribution in [2.45, 2.75) is 12.8 Å². The van der Waals surface area contributed by atoms with E-state index in [0.29, 0.717) is 24.6 Å². The molecule has 0 aliphatic carbocycles. The van der Waals surface area contributed by atoms with Gasteiger partial charge in [-0.1, -0.05) is 12.1 Å². The smallest absolute Gasteiger partial charge is 0.406 e. The Morgan fingerprint density at radius 2 is 1.85 bits per heavy atom. The number of morpholine rings is 1. The molecule has 0 unspecified atom stereocenters. The summed E-state index contributed by atoms with van der Waals surface area (Å²) in [5, 5.41) is 2.67. The summed E-state index contributed by atoms with van der Waals surface area (Å²) < 4.78 is 45.5. The second-order valence-corrected chi connectivity index (χ2v) is 5.92. The topological polar surface area (TPSA) is 63.7 Å². The van der Waals surface area contributed by atoms with Crippen LogP contribution < -0.4 is 15.0 Å². The van der Waals surface area contributed by atoms with Crippen LogP contribution in [0.3, 0.4) is 0 Å². The first kappa shape index (κ1) is 19.0. The number of aromatic nitrogens is 1. The quantitative estimate of drug-likeness (QED) is 0.863. The van der Waals surface area contributed by atoms with Gasteiger partial charge < -0.3 is 19.7 Å². The van der Waals surface area contributed by atoms with E-state index < -0.39 is 6.36 Å². The first-order chi connectivity index (χ1) is 12.9. The van der Waals surface area contributed by atoms with Crippen molar-refractivity contribution in [3.8, 4) is 5.75 Å². The van der Waals surface area contributed by atoms with Gasteiger partial charge in [0.25, 0.3) is 0 Å². The molecule has 2 aromatic rings. The highest BCUT2D eigenvalue weighted by atomic mass is 19.4. The maximum absolute atomic E-state index is 12.1. The zero-order valence-corrected chi connectivity index (χ0v) is 14.3. The number of ether oxygens (including phenoxy) is 2. The molecule has 1 aliphatic rings. The molecule has 1 fully saturated rings. The minimum absolute atomic E-state index is 0.0131. The van der Waals surface area contributed by atoms with Crippen LogP contribution in [0.15, 0.2) is 42.6 Å². The molecule has 27 heavy (non-hydrogen) atoms. The van der Waals surface area contributed by atoms with Crippen molar-refractivity contribution < 1.29 is 27.4 Å². The lowest BCUT2D eigenvalue weighted by atomic mass is 10.1. The number of pyridine rings is 1. The maximum Gasteiger partial charge on any atom is 0.573 e. The summed E-state index contributed by atoms with van der Waals surface area (Å²) in [5.41, 5.74) is 1.52. The highest BCUT2D eigenvalue weighted by Crippen LogP contribution is 2.23. The van der Waals surface area contributed by atoms with E-state index in [1.165, 1.54) is 24.3 Å². The number of hydrogen-bond donors (Lipinski definition) is 1. The molecule has 0 bridgehead atoms. The Morgan fingerprint density at radius 1 is 1.15 bits per heavy atom. The van der Waals surface area contributed by atoms with E-state index in [-0.39, 0.29) is 18.1 Å². The third kappa shape index (κ3) is 5.85. The fraction of sp³-hybridized carbons (Fsp3) is 0.333. The number of nitrogens with zero attached hydrogens (tertiary/aromatic N) is 2. The Balaban J connectivity index is 1.53. The molecule has 0 spiro atoms. The zero-order chi connectivity index (χ0) is 19.3. The van der Waals surface area contributed by atoms with Crippen LogP contribution in [0.25, 0.3) is 0 Å². The van der Waals surface area contributed by atoms with E-state index in [2.05, 4.69) is 19.9 Å². The normalized spacial score (nSPS) is 14.7. The molecular formula is C18H18F3N3O3. The molecule has 1 aromatic carbocycles. The van der Waals surface area contributed by atoms with E-state index in [1.54, 1.807) is 12.3 Å². The van der Waals surface area contributed by atoms with Crippen molar-refractivity contribution in [2.75, 3.05) is 36.5 Å². The Labute approximate surface area is 153 Å². The number of anilines is 2. The van der Waals surface area contributed by atoms with Gasteiger partial charge in [0, 0.05) is 13.1 Å². The highest BCUT2D eigenvalue weighted by Gasteiger charge is 2.30. The SMILES string of the molecule is O=C(Cc1ccc(OC(F)(F)F)cc1)Nc1ccc(N2CCOCC2)cn1. The summed E-state index contributed by atoms with van der Waals surface area (Å²) >= 11 is 0. The van der Waals surface area contributed by atoms with Crippen molar-refractivity contribution in [3.05, 3.63) is 48.2 Å². The lowest BCUT2D eigenvalue weighted by Gasteiger charge is -2.28. The largest absolute Gasteiger partial charge is 0.573 e. The lowest BCUT2D eigenvalue weighted by molar-refractivity contribution is -0.274. The summed E-state index contributed by atoms with van der Waals surface area (Å²) in [6.07, 6.45) is -3.04. The van der Waals surface area contributed by atoms with Crippen LogP contribution in [0.4, 0.5) is 24.7 Å². The summed E-state index contributed by atoms with van der Waals surface area (Å²) in [5.74, 6) is -0.229. The van der Waals surface area contributed by atoms with Crippen LogP contribution in [0.2, 0.25) is 0 Å². The van der Waals surface area contributed by atoms with Gasteiger partial charge in [0.05, 0.1) is 31.5 Å². The molecule has 0 atom stereocenters. The molecule has 6 nitrogen and oxygen atoms in total. The minimum Gasteiger partial charge on any atom is -0.406 e. The van der Waals surface area contributed by atoms with Gasteiger partial charge in [-0.05, 0) is 29.8 Å². The first-order valence-corrected chi connectivity index (χ1v) is 8.32. The molecule has 2 heterocycles. The Morgan fingerprint density at radius 3 is 2.44 bits per heavy atom. The fourth-order valence-electron chi connectivity index (χ4n) is 2.65. The first-order valence-electron chi connectivity index (χ1n) is 8.32. The van der Waals surface area contributed by atoms with E-state index in [0.717, 1.165) is 18.8 Å². The van der Waals surface area contributed by atoms with Crippen LogP contribution in [-0.2, 0) is 16.0 Å². The van der Waals surface area contributed by atoms with Gasteiger partial charge in [-0.2, -0.15) is 0 Å². The molecule has 3 rings (SSSR count). The second kappa shape index (κ2) is 8.26. The lowest BCUT2D eigenvalue weighted by Crippen LogP contribution is -2.36. The number of carbonyl (C=O) groups is 1. The second-order valence-electron chi connectivity index (χ2n) is 5.92. The summed E-state index contributed by atoms with van der Waals surface area (Å²) in [7, 11) is 0. The predicted molar refractivity (Wildman–Crippen MR) is 92.7 cm³/mol. The zero-order valence-electron chi connectivity index (χ0n) is 14.3. The van der Waals surface area contributed by atoms with Gasteiger partial charge >= 0.3 is 6.36 Å². The number of alkyl halides is 3. The number of amides is 1. The van der Waals surface area contributed by atoms with Crippen molar-refractivity contribution in [1.29, 1.82) is 0 Å². The summed E-state index contributed by atoms with van der Waals surface area (Å²) in [4.78, 5) is 18.5. The molecular weight excluding hydrogens is 363 g/mol. The van der Waals surface area contributed by atoms with E-state index in [1.807, 2.05) is 6.07 Å². The van der Waals surface area contributed by atoms with Crippen LogP contribution in [0.1, 0.15) is 5.56 Å². The molecule has 1 N–H and O–H groups in total. The Bertz CT molecular complexity index is 758. The fourth-order valence-corrected chi connectivity index (χ4v) is 2.65. The Hall–Kier alpha value is -2.81. The number of carbonyl (C=O) groups excluding carboxylic acids is 1. The standard InChI is InChI=1S/C18H18F3N3O3/c19-18(20,21)27-15-4-1-13(2-5-15)11-17(25)23-16-6-3-14(12-22-16)24-7-9-26-10-8-24/h1-6,12H,7-11H2,(H,22,23,25). The van der Waals surface area contributed by atoms with Crippen molar-refractivity contribution in [3.63, 3.8) is 0 Å². The number of benzene rings is 1. The average Bonchev–Trinajstić information content (AvgIpc) is 2.63. The molecule has 9 heteroatoms. The number of nitrogens with one attached hydrogen (secondary N) is 1. The van der Waals surface area contributed by atoms with E-state index in [9.17, 15) is 18.0 Å². The minimum atomic E-state index is -4.74. The van der Waals surface area contributed by atoms with Gasteiger partial charge in [-0.3, -0.25) is 4.79 Å². The van der Waals surface area contributed by atoms with Gasteiger partial charge in [-0.15, -0.1) is 13.2 Å². The van der Waals surface area contributed by atoms with Crippen molar-refractivity contribution in [2.24, 2.45) is 0 Å². The molecule has 1 amide bonds. The third-order valence-electron chi connectivity index (χ3n) is 3.91. The number of rotatable bonds is 5. The van der Waals surface area contributed by atoms with Crippen LogP contribution >= 0.6 is 0 Å². The van der Waals surface area contributed by atoms with E-state index >= 15 is 0 Å². The predicted octanol–water partition coefficient (Wildman–Crippen LogP) is 3.00. The van der Waals surface area contributed by atoms with Crippen molar-refractivity contribution in [1.82, 2.24) is 4.98 Å². The molecule has 1 aliphatic heterocycles. The van der Waals surface area contributed by atoms with E-state index in [4.69, 9.17) is 4.74 Å². The summed E-state index contributed by atoms with van der Waals surface area (Å²) in [6, 6.07) is 8.75. The number of halogens is 3. The maximum atomic E-state index is 12.1. The molecule has 0 saturated carbocycles. The molecule has 0 radical (unpaired) electrons.